The number of carbonyl (C=O) groups is 1. The number of hydrogen-bond donors (Lipinski definition) is 0. The van der Waals surface area contributed by atoms with Crippen molar-refractivity contribution >= 4 is 34.4 Å². The summed E-state index contributed by atoms with van der Waals surface area (Å²) in [5.41, 5.74) is 1.30. The number of para-hydroxylation sites is 1. The fourth-order valence-electron chi connectivity index (χ4n) is 3.36. The largest absolute Gasteiger partial charge is 0.489 e. The number of imidazole rings is 1. The molecule has 0 spiro atoms. The molecule has 164 valence electrons. The second-order valence-corrected chi connectivity index (χ2v) is 7.99. The third kappa shape index (κ3) is 4.71. The summed E-state index contributed by atoms with van der Waals surface area (Å²) >= 11 is 1.39. The number of benzene rings is 1. The molecule has 0 atom stereocenters. The lowest BCUT2D eigenvalue weighted by molar-refractivity contribution is -0.0517. The fraction of sp³-hybridized carbons (Fsp3) is 0.364. The number of ether oxygens (including phenoxy) is 3. The van der Waals surface area contributed by atoms with Gasteiger partial charge in [0.25, 0.3) is 0 Å². The minimum atomic E-state index is -2.96. The lowest BCUT2D eigenvalue weighted by Gasteiger charge is -2.26. The minimum Gasteiger partial charge on any atom is -0.489 e. The summed E-state index contributed by atoms with van der Waals surface area (Å²) < 4.78 is 43.2. The molecule has 0 unspecified atom stereocenters. The van der Waals surface area contributed by atoms with Gasteiger partial charge in [0, 0.05) is 17.1 Å². The standard InChI is InChI=1S/C22H22F2N2O4S/c1-2-28-20(27)18-16(25-22-26(18)11-12-31-22)10-9-15-7-4-8-17(30-21(23)24)19(15)29-13-14-5-3-6-14/h4,7-12,14,21H,2-3,5-6,13H2,1H3. The molecule has 1 aromatic carbocycles. The van der Waals surface area contributed by atoms with Gasteiger partial charge in [0.2, 0.25) is 0 Å². The van der Waals surface area contributed by atoms with Gasteiger partial charge in [-0.1, -0.05) is 18.6 Å². The number of thiazole rings is 1. The van der Waals surface area contributed by atoms with Crippen LogP contribution < -0.4 is 9.47 Å². The van der Waals surface area contributed by atoms with Crippen LogP contribution in [0.1, 0.15) is 47.9 Å². The van der Waals surface area contributed by atoms with Crippen molar-refractivity contribution < 1.29 is 27.8 Å². The summed E-state index contributed by atoms with van der Waals surface area (Å²) in [5, 5.41) is 1.83. The van der Waals surface area contributed by atoms with Crippen molar-refractivity contribution in [3.05, 3.63) is 46.7 Å². The predicted molar refractivity (Wildman–Crippen MR) is 114 cm³/mol. The van der Waals surface area contributed by atoms with Crippen LogP contribution in [0.2, 0.25) is 0 Å². The number of carbonyl (C=O) groups excluding carboxylic acids is 1. The van der Waals surface area contributed by atoms with Gasteiger partial charge in [0.1, 0.15) is 0 Å². The van der Waals surface area contributed by atoms with Crippen LogP contribution in [0.25, 0.3) is 17.1 Å². The van der Waals surface area contributed by atoms with E-state index in [2.05, 4.69) is 9.72 Å². The number of alkyl halides is 2. The maximum atomic E-state index is 12.9. The summed E-state index contributed by atoms with van der Waals surface area (Å²) in [6.07, 6.45) is 8.38. The zero-order valence-electron chi connectivity index (χ0n) is 16.9. The molecule has 0 bridgehead atoms. The van der Waals surface area contributed by atoms with E-state index in [1.165, 1.54) is 17.4 Å². The summed E-state index contributed by atoms with van der Waals surface area (Å²) in [4.78, 5) is 17.6. The van der Waals surface area contributed by atoms with Crippen LogP contribution in [0.15, 0.2) is 29.8 Å². The smallest absolute Gasteiger partial charge is 0.387 e. The molecule has 0 radical (unpaired) electrons. The lowest BCUT2D eigenvalue weighted by atomic mass is 9.86. The van der Waals surface area contributed by atoms with E-state index in [9.17, 15) is 13.6 Å². The molecule has 9 heteroatoms. The lowest BCUT2D eigenvalue weighted by Crippen LogP contribution is -2.20. The van der Waals surface area contributed by atoms with E-state index in [4.69, 9.17) is 9.47 Å². The summed E-state index contributed by atoms with van der Waals surface area (Å²) in [7, 11) is 0. The van der Waals surface area contributed by atoms with Crippen molar-refractivity contribution in [3.63, 3.8) is 0 Å². The number of fused-ring (bicyclic) bond motifs is 1. The van der Waals surface area contributed by atoms with Crippen LogP contribution in [0.5, 0.6) is 11.5 Å². The zero-order chi connectivity index (χ0) is 21.8. The number of halogens is 2. The van der Waals surface area contributed by atoms with E-state index >= 15 is 0 Å². The van der Waals surface area contributed by atoms with E-state index in [-0.39, 0.29) is 18.1 Å². The van der Waals surface area contributed by atoms with Crippen molar-refractivity contribution in [1.29, 1.82) is 0 Å². The third-order valence-electron chi connectivity index (χ3n) is 5.09. The molecule has 2 aromatic heterocycles. The van der Waals surface area contributed by atoms with Crippen LogP contribution >= 0.6 is 11.3 Å². The highest BCUT2D eigenvalue weighted by molar-refractivity contribution is 7.15. The Labute approximate surface area is 182 Å². The zero-order valence-corrected chi connectivity index (χ0v) is 17.7. The Bertz CT molecular complexity index is 1090. The van der Waals surface area contributed by atoms with Gasteiger partial charge < -0.3 is 14.2 Å². The van der Waals surface area contributed by atoms with Crippen molar-refractivity contribution in [2.45, 2.75) is 32.8 Å². The van der Waals surface area contributed by atoms with Gasteiger partial charge in [0.15, 0.2) is 22.2 Å². The fourth-order valence-corrected chi connectivity index (χ4v) is 4.08. The molecule has 0 aliphatic heterocycles. The second kappa shape index (κ2) is 9.47. The van der Waals surface area contributed by atoms with E-state index in [1.54, 1.807) is 41.8 Å². The molecule has 2 heterocycles. The van der Waals surface area contributed by atoms with Gasteiger partial charge in [-0.05, 0) is 43.9 Å². The average Bonchev–Trinajstić information content (AvgIpc) is 3.27. The minimum absolute atomic E-state index is 0.0205. The predicted octanol–water partition coefficient (Wildman–Crippen LogP) is 5.52. The molecule has 0 amide bonds. The first-order chi connectivity index (χ1) is 15.1. The van der Waals surface area contributed by atoms with Crippen LogP contribution in [-0.2, 0) is 4.74 Å². The first-order valence-corrected chi connectivity index (χ1v) is 11.0. The monoisotopic (exact) mass is 448 g/mol. The summed E-state index contributed by atoms with van der Waals surface area (Å²) in [5.74, 6) is 0.175. The number of aromatic nitrogens is 2. The Morgan fingerprint density at radius 1 is 1.35 bits per heavy atom. The summed E-state index contributed by atoms with van der Waals surface area (Å²) in [6.45, 7) is -0.537. The molecule has 1 fully saturated rings. The maximum Gasteiger partial charge on any atom is 0.387 e. The van der Waals surface area contributed by atoms with Gasteiger partial charge in [-0.25, -0.2) is 9.78 Å². The number of rotatable bonds is 9. The topological polar surface area (TPSA) is 62.1 Å². The molecular weight excluding hydrogens is 426 g/mol. The van der Waals surface area contributed by atoms with Crippen LogP contribution in [0.3, 0.4) is 0 Å². The van der Waals surface area contributed by atoms with Crippen molar-refractivity contribution in [3.8, 4) is 11.5 Å². The highest BCUT2D eigenvalue weighted by atomic mass is 32.1. The maximum absolute atomic E-state index is 12.9. The number of nitrogens with zero attached hydrogens (tertiary/aromatic N) is 2. The molecule has 0 N–H and O–H groups in total. The highest BCUT2D eigenvalue weighted by Gasteiger charge is 2.22. The Balaban J connectivity index is 1.67. The Morgan fingerprint density at radius 2 is 2.19 bits per heavy atom. The van der Waals surface area contributed by atoms with Crippen molar-refractivity contribution in [2.24, 2.45) is 5.92 Å². The SMILES string of the molecule is CCOC(=O)c1c(C=Cc2cccc(OC(F)F)c2OCC2CCC2)nc2sccn12. The molecule has 1 aliphatic rings. The number of hydrogen-bond acceptors (Lipinski definition) is 6. The van der Waals surface area contributed by atoms with E-state index in [0.717, 1.165) is 19.3 Å². The van der Waals surface area contributed by atoms with Gasteiger partial charge >= 0.3 is 12.6 Å². The third-order valence-corrected chi connectivity index (χ3v) is 5.85. The van der Waals surface area contributed by atoms with Gasteiger partial charge in [-0.15, -0.1) is 11.3 Å². The first-order valence-electron chi connectivity index (χ1n) is 10.1. The number of esters is 1. The van der Waals surface area contributed by atoms with Crippen LogP contribution in [0, 0.1) is 5.92 Å². The molecule has 1 saturated carbocycles. The molecule has 31 heavy (non-hydrogen) atoms. The molecule has 0 saturated heterocycles. The van der Waals surface area contributed by atoms with E-state index in [0.29, 0.717) is 34.4 Å². The molecule has 1 aliphatic carbocycles. The van der Waals surface area contributed by atoms with Gasteiger partial charge in [0.05, 0.1) is 18.9 Å². The normalized spacial score (nSPS) is 14.3. The van der Waals surface area contributed by atoms with Crippen LogP contribution in [0.4, 0.5) is 8.78 Å². The van der Waals surface area contributed by atoms with Crippen molar-refractivity contribution in [1.82, 2.24) is 9.38 Å². The Kier molecular flexibility index (Phi) is 6.50. The quantitative estimate of drug-likeness (QED) is 0.403. The molecule has 6 nitrogen and oxygen atoms in total. The van der Waals surface area contributed by atoms with Gasteiger partial charge in [-0.2, -0.15) is 8.78 Å². The molecular formula is C22H22F2N2O4S. The molecule has 4 rings (SSSR count). The van der Waals surface area contributed by atoms with E-state index in [1.807, 2.05) is 5.38 Å². The average molecular weight is 448 g/mol. The Hall–Kier alpha value is -2.94. The van der Waals surface area contributed by atoms with Gasteiger partial charge in [-0.3, -0.25) is 4.40 Å². The molecule has 3 aromatic rings. The highest BCUT2D eigenvalue weighted by Crippen LogP contribution is 2.36. The second-order valence-electron chi connectivity index (χ2n) is 7.12. The Morgan fingerprint density at radius 3 is 2.90 bits per heavy atom. The summed E-state index contributed by atoms with van der Waals surface area (Å²) in [6, 6.07) is 4.81. The van der Waals surface area contributed by atoms with E-state index < -0.39 is 12.6 Å². The van der Waals surface area contributed by atoms with Crippen molar-refractivity contribution in [2.75, 3.05) is 13.2 Å². The first kappa shape index (κ1) is 21.3. The van der Waals surface area contributed by atoms with Crippen LogP contribution in [-0.4, -0.2) is 35.2 Å².